The molecule has 134 valence electrons. The zero-order chi connectivity index (χ0) is 18.6. The summed E-state index contributed by atoms with van der Waals surface area (Å²) in [6, 6.07) is 19.3. The molecule has 2 aromatic carbocycles. The lowest BCUT2D eigenvalue weighted by molar-refractivity contribution is 0.103. The number of carbonyl (C=O) groups is 1. The average Bonchev–Trinajstić information content (AvgIpc) is 3.18. The van der Waals surface area contributed by atoms with Gasteiger partial charge in [0, 0.05) is 5.56 Å². The molecule has 0 spiro atoms. The first-order valence-electron chi connectivity index (χ1n) is 8.60. The van der Waals surface area contributed by atoms with E-state index in [1.54, 1.807) is 13.3 Å². The topological polar surface area (TPSA) is 77.1 Å². The number of rotatable bonds is 4. The number of aromatic amines is 1. The maximum absolute atomic E-state index is 12.0. The molecule has 0 bridgehead atoms. The standard InChI is InChI=1S/C21H17N3O3/c1-2-26-21(25)27-20-16(14-9-5-3-6-10-14)18-19(23-13-22-18)17(24-20)15-11-7-4-8-12-15/h3-13H,2H2,1H3,(H,22,23). The molecule has 4 aromatic rings. The highest BCUT2D eigenvalue weighted by Crippen LogP contribution is 2.38. The van der Waals surface area contributed by atoms with Crippen LogP contribution in [0.2, 0.25) is 0 Å². The van der Waals surface area contributed by atoms with E-state index in [2.05, 4.69) is 15.0 Å². The van der Waals surface area contributed by atoms with Crippen molar-refractivity contribution in [3.63, 3.8) is 0 Å². The molecule has 0 unspecified atom stereocenters. The molecule has 1 N–H and O–H groups in total. The van der Waals surface area contributed by atoms with Gasteiger partial charge in [-0.05, 0) is 12.5 Å². The van der Waals surface area contributed by atoms with Crippen LogP contribution in [0.15, 0.2) is 67.0 Å². The van der Waals surface area contributed by atoms with E-state index in [0.29, 0.717) is 16.8 Å². The van der Waals surface area contributed by atoms with Crippen LogP contribution in [0.5, 0.6) is 5.88 Å². The van der Waals surface area contributed by atoms with Crippen molar-refractivity contribution in [2.45, 2.75) is 6.92 Å². The minimum absolute atomic E-state index is 0.165. The molecule has 0 fully saturated rings. The molecule has 2 heterocycles. The van der Waals surface area contributed by atoms with Gasteiger partial charge in [0.25, 0.3) is 0 Å². The number of imidazole rings is 1. The van der Waals surface area contributed by atoms with Crippen LogP contribution in [0.4, 0.5) is 4.79 Å². The summed E-state index contributed by atoms with van der Waals surface area (Å²) in [6.07, 6.45) is 0.815. The van der Waals surface area contributed by atoms with E-state index >= 15 is 0 Å². The predicted octanol–water partition coefficient (Wildman–Crippen LogP) is 4.83. The van der Waals surface area contributed by atoms with Gasteiger partial charge in [-0.3, -0.25) is 0 Å². The Bertz CT molecular complexity index is 1080. The fourth-order valence-corrected chi connectivity index (χ4v) is 2.95. The molecule has 6 heteroatoms. The summed E-state index contributed by atoms with van der Waals surface area (Å²) in [4.78, 5) is 24.3. The molecular weight excluding hydrogens is 342 g/mol. The van der Waals surface area contributed by atoms with E-state index < -0.39 is 6.16 Å². The number of nitrogens with zero attached hydrogens (tertiary/aromatic N) is 2. The van der Waals surface area contributed by atoms with Crippen molar-refractivity contribution in [1.29, 1.82) is 0 Å². The summed E-state index contributed by atoms with van der Waals surface area (Å²) in [6.45, 7) is 1.94. The molecule has 27 heavy (non-hydrogen) atoms. The van der Waals surface area contributed by atoms with Crippen LogP contribution in [0.1, 0.15) is 6.92 Å². The first kappa shape index (κ1) is 16.8. The molecule has 0 aliphatic heterocycles. The zero-order valence-corrected chi connectivity index (χ0v) is 14.7. The third kappa shape index (κ3) is 3.25. The predicted molar refractivity (Wildman–Crippen MR) is 102 cm³/mol. The Morgan fingerprint density at radius 3 is 2.33 bits per heavy atom. The normalized spacial score (nSPS) is 10.7. The Kier molecular flexibility index (Phi) is 4.53. The van der Waals surface area contributed by atoms with Gasteiger partial charge in [0.1, 0.15) is 11.2 Å². The van der Waals surface area contributed by atoms with Crippen LogP contribution in [-0.4, -0.2) is 27.7 Å². The van der Waals surface area contributed by atoms with Crippen LogP contribution in [0, 0.1) is 0 Å². The van der Waals surface area contributed by atoms with E-state index in [1.807, 2.05) is 60.7 Å². The van der Waals surface area contributed by atoms with E-state index in [-0.39, 0.29) is 12.5 Å². The Morgan fingerprint density at radius 2 is 1.67 bits per heavy atom. The summed E-state index contributed by atoms with van der Waals surface area (Å²) in [7, 11) is 0. The largest absolute Gasteiger partial charge is 0.515 e. The fourth-order valence-electron chi connectivity index (χ4n) is 2.95. The molecule has 0 atom stereocenters. The van der Waals surface area contributed by atoms with Gasteiger partial charge in [0.05, 0.1) is 24.0 Å². The van der Waals surface area contributed by atoms with Gasteiger partial charge in [0.15, 0.2) is 0 Å². The first-order valence-corrected chi connectivity index (χ1v) is 8.60. The third-order valence-corrected chi connectivity index (χ3v) is 4.09. The number of hydrogen-bond donors (Lipinski definition) is 1. The maximum atomic E-state index is 12.0. The Morgan fingerprint density at radius 1 is 1.00 bits per heavy atom. The van der Waals surface area contributed by atoms with Crippen LogP contribution < -0.4 is 4.74 Å². The molecule has 4 rings (SSSR count). The van der Waals surface area contributed by atoms with Gasteiger partial charge < -0.3 is 14.5 Å². The van der Waals surface area contributed by atoms with Crippen LogP contribution in [-0.2, 0) is 4.74 Å². The van der Waals surface area contributed by atoms with Crippen molar-refractivity contribution < 1.29 is 14.3 Å². The van der Waals surface area contributed by atoms with Gasteiger partial charge >= 0.3 is 6.16 Å². The molecule has 0 aliphatic carbocycles. The second kappa shape index (κ2) is 7.29. The van der Waals surface area contributed by atoms with Gasteiger partial charge in [-0.2, -0.15) is 0 Å². The molecule has 0 aliphatic rings. The lowest BCUT2D eigenvalue weighted by Gasteiger charge is -2.13. The number of benzene rings is 2. The number of H-pyrrole nitrogens is 1. The van der Waals surface area contributed by atoms with Crippen molar-refractivity contribution in [3.05, 3.63) is 67.0 Å². The molecule has 0 amide bonds. The van der Waals surface area contributed by atoms with Gasteiger partial charge in [-0.1, -0.05) is 60.7 Å². The van der Waals surface area contributed by atoms with E-state index in [1.165, 1.54) is 0 Å². The quantitative estimate of drug-likeness (QED) is 0.528. The highest BCUT2D eigenvalue weighted by molar-refractivity contribution is 6.01. The molecule has 2 aromatic heterocycles. The summed E-state index contributed by atoms with van der Waals surface area (Å²) in [5, 5.41) is 0. The SMILES string of the molecule is CCOC(=O)Oc1nc(-c2ccccc2)c2[nH]cnc2c1-c1ccccc1. The van der Waals surface area contributed by atoms with E-state index in [0.717, 1.165) is 16.6 Å². The summed E-state index contributed by atoms with van der Waals surface area (Å²) in [5.74, 6) is 0.165. The molecule has 0 saturated carbocycles. The first-order chi connectivity index (χ1) is 13.3. The highest BCUT2D eigenvalue weighted by Gasteiger charge is 2.22. The lowest BCUT2D eigenvalue weighted by atomic mass is 10.0. The second-order valence-corrected chi connectivity index (χ2v) is 5.78. The van der Waals surface area contributed by atoms with Crippen molar-refractivity contribution in [2.75, 3.05) is 6.61 Å². The molecule has 0 saturated heterocycles. The maximum Gasteiger partial charge on any atom is 0.515 e. The highest BCUT2D eigenvalue weighted by atomic mass is 16.7. The van der Waals surface area contributed by atoms with Crippen molar-refractivity contribution in [2.24, 2.45) is 0 Å². The average molecular weight is 359 g/mol. The van der Waals surface area contributed by atoms with Crippen molar-refractivity contribution in [3.8, 4) is 28.3 Å². The minimum Gasteiger partial charge on any atom is -0.434 e. The summed E-state index contributed by atoms with van der Waals surface area (Å²) >= 11 is 0. The number of aromatic nitrogens is 3. The lowest BCUT2D eigenvalue weighted by Crippen LogP contribution is -2.12. The van der Waals surface area contributed by atoms with Gasteiger partial charge in [-0.25, -0.2) is 14.8 Å². The Labute approximate surface area is 155 Å². The molecule has 0 radical (unpaired) electrons. The molecular formula is C21H17N3O3. The monoisotopic (exact) mass is 359 g/mol. The van der Waals surface area contributed by atoms with Gasteiger partial charge in [-0.15, -0.1) is 0 Å². The number of hydrogen-bond acceptors (Lipinski definition) is 5. The van der Waals surface area contributed by atoms with E-state index in [4.69, 9.17) is 9.47 Å². The van der Waals surface area contributed by atoms with Crippen molar-refractivity contribution in [1.82, 2.24) is 15.0 Å². The second-order valence-electron chi connectivity index (χ2n) is 5.78. The number of fused-ring (bicyclic) bond motifs is 1. The zero-order valence-electron chi connectivity index (χ0n) is 14.7. The van der Waals surface area contributed by atoms with Crippen LogP contribution in [0.25, 0.3) is 33.4 Å². The van der Waals surface area contributed by atoms with Crippen LogP contribution in [0.3, 0.4) is 0 Å². The summed E-state index contributed by atoms with van der Waals surface area (Å²) in [5.41, 5.74) is 4.48. The molecule has 6 nitrogen and oxygen atoms in total. The van der Waals surface area contributed by atoms with Gasteiger partial charge in [0.2, 0.25) is 5.88 Å². The fraction of sp³-hybridized carbons (Fsp3) is 0.0952. The number of nitrogens with one attached hydrogen (secondary N) is 1. The third-order valence-electron chi connectivity index (χ3n) is 4.09. The minimum atomic E-state index is -0.795. The number of pyridine rings is 1. The number of ether oxygens (including phenoxy) is 2. The summed E-state index contributed by atoms with van der Waals surface area (Å²) < 4.78 is 10.4. The Hall–Kier alpha value is -3.67. The van der Waals surface area contributed by atoms with Crippen molar-refractivity contribution >= 4 is 17.2 Å². The Balaban J connectivity index is 1.97. The number of carbonyl (C=O) groups excluding carboxylic acids is 1. The van der Waals surface area contributed by atoms with Crippen LogP contribution >= 0.6 is 0 Å². The van der Waals surface area contributed by atoms with E-state index in [9.17, 15) is 4.79 Å². The smallest absolute Gasteiger partial charge is 0.434 e.